The number of hydrogen-bond acceptors (Lipinski definition) is 5. The van der Waals surface area contributed by atoms with Crippen molar-refractivity contribution in [3.8, 4) is 11.5 Å². The van der Waals surface area contributed by atoms with Gasteiger partial charge in [-0.05, 0) is 29.8 Å². The number of anilines is 1. The van der Waals surface area contributed by atoms with Crippen LogP contribution >= 0.6 is 11.6 Å². The maximum atomic E-state index is 12.8. The Morgan fingerprint density at radius 3 is 2.28 bits per heavy atom. The average Bonchev–Trinajstić information content (AvgIpc) is 2.84. The molecular weight excluding hydrogens is 346 g/mol. The predicted octanol–water partition coefficient (Wildman–Crippen LogP) is 3.20. The summed E-state index contributed by atoms with van der Waals surface area (Å²) in [4.78, 5) is 26.1. The molecule has 3 rings (SSSR count). The molecule has 0 aromatic heterocycles. The molecule has 2 aromatic carbocycles. The minimum Gasteiger partial charge on any atom is -0.502 e. The summed E-state index contributed by atoms with van der Waals surface area (Å²) in [5.74, 6) is -1.30. The van der Waals surface area contributed by atoms with Gasteiger partial charge in [0.05, 0.1) is 30.5 Å². The smallest absolute Gasteiger partial charge is 0.301 e. The summed E-state index contributed by atoms with van der Waals surface area (Å²) >= 11 is 6.08. The summed E-state index contributed by atoms with van der Waals surface area (Å²) in [7, 11) is 2.94. The SMILES string of the molecule is COc1ccc(C2=C(O)C(=O)N(c3ccccc3Cl)C2=O)cc1OC. The standard InChI is InChI=1S/C18H14ClNO5/c1-24-13-8-7-10(9-14(13)25-2)15-16(21)18(23)20(17(15)22)12-6-4-3-5-11(12)19/h3-9,21H,1-2H3. The zero-order valence-corrected chi connectivity index (χ0v) is 14.2. The van der Waals surface area contributed by atoms with E-state index in [2.05, 4.69) is 0 Å². The molecule has 1 aliphatic rings. The molecule has 0 saturated heterocycles. The number of carbonyl (C=O) groups excluding carboxylic acids is 2. The van der Waals surface area contributed by atoms with Crippen LogP contribution in [0, 0.1) is 0 Å². The first kappa shape index (κ1) is 16.9. The molecular formula is C18H14ClNO5. The number of halogens is 1. The number of amides is 2. The number of rotatable bonds is 4. The number of hydrogen-bond donors (Lipinski definition) is 1. The van der Waals surface area contributed by atoms with Gasteiger partial charge < -0.3 is 14.6 Å². The lowest BCUT2D eigenvalue weighted by atomic mass is 10.0. The van der Waals surface area contributed by atoms with E-state index in [0.29, 0.717) is 17.1 Å². The molecule has 0 fully saturated rings. The molecule has 2 aromatic rings. The molecule has 7 heteroatoms. The van der Waals surface area contributed by atoms with Gasteiger partial charge in [-0.2, -0.15) is 0 Å². The zero-order chi connectivity index (χ0) is 18.1. The summed E-state index contributed by atoms with van der Waals surface area (Å²) in [5, 5.41) is 10.5. The van der Waals surface area contributed by atoms with Gasteiger partial charge >= 0.3 is 5.91 Å². The van der Waals surface area contributed by atoms with E-state index in [4.69, 9.17) is 21.1 Å². The molecule has 1 heterocycles. The Kier molecular flexibility index (Phi) is 4.37. The van der Waals surface area contributed by atoms with Gasteiger partial charge in [-0.25, -0.2) is 4.90 Å². The summed E-state index contributed by atoms with van der Waals surface area (Å²) in [5.41, 5.74) is 0.426. The molecule has 6 nitrogen and oxygen atoms in total. The third-order valence-corrected chi connectivity index (χ3v) is 4.14. The number of aliphatic hydroxyl groups is 1. The van der Waals surface area contributed by atoms with Crippen LogP contribution in [0.4, 0.5) is 5.69 Å². The largest absolute Gasteiger partial charge is 0.502 e. The highest BCUT2D eigenvalue weighted by Gasteiger charge is 2.41. The van der Waals surface area contributed by atoms with Gasteiger partial charge in [0, 0.05) is 0 Å². The Bertz CT molecular complexity index is 906. The van der Waals surface area contributed by atoms with Crippen LogP contribution in [0.2, 0.25) is 5.02 Å². The van der Waals surface area contributed by atoms with Crippen LogP contribution in [-0.4, -0.2) is 31.1 Å². The monoisotopic (exact) mass is 359 g/mol. The molecule has 0 spiro atoms. The fourth-order valence-electron chi connectivity index (χ4n) is 2.62. The summed E-state index contributed by atoms with van der Waals surface area (Å²) in [6.45, 7) is 0. The number of benzene rings is 2. The Hall–Kier alpha value is -2.99. The first-order chi connectivity index (χ1) is 12.0. The van der Waals surface area contributed by atoms with E-state index in [1.165, 1.54) is 26.4 Å². The van der Waals surface area contributed by atoms with E-state index in [1.807, 2.05) is 0 Å². The van der Waals surface area contributed by atoms with Crippen LogP contribution < -0.4 is 14.4 Å². The van der Waals surface area contributed by atoms with Crippen molar-refractivity contribution in [2.75, 3.05) is 19.1 Å². The highest BCUT2D eigenvalue weighted by molar-refractivity contribution is 6.46. The Morgan fingerprint density at radius 2 is 1.64 bits per heavy atom. The molecule has 0 unspecified atom stereocenters. The third kappa shape index (κ3) is 2.70. The fraction of sp³-hybridized carbons (Fsp3) is 0.111. The van der Waals surface area contributed by atoms with Gasteiger partial charge in [0.1, 0.15) is 0 Å². The van der Waals surface area contributed by atoms with Crippen molar-refractivity contribution in [1.29, 1.82) is 0 Å². The Balaban J connectivity index is 2.08. The molecule has 1 aliphatic heterocycles. The van der Waals surface area contributed by atoms with Crippen LogP contribution in [0.5, 0.6) is 11.5 Å². The van der Waals surface area contributed by atoms with Crippen LogP contribution in [0.1, 0.15) is 5.56 Å². The van der Waals surface area contributed by atoms with E-state index in [-0.39, 0.29) is 16.3 Å². The number of imide groups is 1. The zero-order valence-electron chi connectivity index (χ0n) is 13.4. The summed E-state index contributed by atoms with van der Waals surface area (Å²) in [6.07, 6.45) is 0. The minimum absolute atomic E-state index is 0.120. The van der Waals surface area contributed by atoms with E-state index in [0.717, 1.165) is 4.90 Å². The van der Waals surface area contributed by atoms with Gasteiger partial charge in [0.2, 0.25) is 0 Å². The van der Waals surface area contributed by atoms with Gasteiger partial charge in [-0.1, -0.05) is 29.8 Å². The first-order valence-corrected chi connectivity index (χ1v) is 7.66. The van der Waals surface area contributed by atoms with Gasteiger partial charge in [0.15, 0.2) is 17.3 Å². The average molecular weight is 360 g/mol. The molecule has 2 amide bonds. The first-order valence-electron chi connectivity index (χ1n) is 7.28. The highest BCUT2D eigenvalue weighted by Crippen LogP contribution is 2.37. The lowest BCUT2D eigenvalue weighted by Gasteiger charge is -2.16. The number of methoxy groups -OCH3 is 2. The second kappa shape index (κ2) is 6.49. The number of para-hydroxylation sites is 1. The third-order valence-electron chi connectivity index (χ3n) is 3.82. The van der Waals surface area contributed by atoms with Crippen molar-refractivity contribution < 1.29 is 24.2 Å². The topological polar surface area (TPSA) is 76.1 Å². The number of nitrogens with zero attached hydrogens (tertiary/aromatic N) is 1. The molecule has 0 aliphatic carbocycles. The van der Waals surface area contributed by atoms with E-state index in [1.54, 1.807) is 30.3 Å². The van der Waals surface area contributed by atoms with Gasteiger partial charge in [-0.3, -0.25) is 9.59 Å². The maximum Gasteiger partial charge on any atom is 0.301 e. The second-order valence-electron chi connectivity index (χ2n) is 5.19. The van der Waals surface area contributed by atoms with Gasteiger partial charge in [0.25, 0.3) is 5.91 Å². The number of carbonyl (C=O) groups is 2. The van der Waals surface area contributed by atoms with E-state index < -0.39 is 17.6 Å². The van der Waals surface area contributed by atoms with Crippen molar-refractivity contribution in [2.45, 2.75) is 0 Å². The highest BCUT2D eigenvalue weighted by atomic mass is 35.5. The molecule has 0 bridgehead atoms. The molecule has 25 heavy (non-hydrogen) atoms. The maximum absolute atomic E-state index is 12.8. The van der Waals surface area contributed by atoms with Gasteiger partial charge in [-0.15, -0.1) is 0 Å². The Labute approximate surface area is 148 Å². The van der Waals surface area contributed by atoms with Crippen molar-refractivity contribution in [2.24, 2.45) is 0 Å². The molecule has 0 radical (unpaired) electrons. The molecule has 0 atom stereocenters. The number of ether oxygens (including phenoxy) is 2. The number of aliphatic hydroxyl groups excluding tert-OH is 1. The van der Waals surface area contributed by atoms with Crippen molar-refractivity contribution in [1.82, 2.24) is 0 Å². The van der Waals surface area contributed by atoms with Crippen molar-refractivity contribution in [3.05, 3.63) is 58.8 Å². The predicted molar refractivity (Wildman–Crippen MR) is 93.0 cm³/mol. The quantitative estimate of drug-likeness (QED) is 0.848. The molecule has 0 saturated carbocycles. The normalized spacial score (nSPS) is 14.3. The van der Waals surface area contributed by atoms with Crippen LogP contribution in [0.3, 0.4) is 0 Å². The molecule has 1 N–H and O–H groups in total. The van der Waals surface area contributed by atoms with E-state index in [9.17, 15) is 14.7 Å². The molecule has 128 valence electrons. The minimum atomic E-state index is -0.831. The Morgan fingerprint density at radius 1 is 0.960 bits per heavy atom. The fourth-order valence-corrected chi connectivity index (χ4v) is 2.84. The van der Waals surface area contributed by atoms with Crippen LogP contribution in [0.15, 0.2) is 48.2 Å². The van der Waals surface area contributed by atoms with Crippen LogP contribution in [-0.2, 0) is 9.59 Å². The van der Waals surface area contributed by atoms with Crippen molar-refractivity contribution in [3.63, 3.8) is 0 Å². The lowest BCUT2D eigenvalue weighted by Crippen LogP contribution is -2.31. The van der Waals surface area contributed by atoms with Crippen molar-refractivity contribution >= 4 is 34.7 Å². The van der Waals surface area contributed by atoms with Crippen LogP contribution in [0.25, 0.3) is 5.57 Å². The summed E-state index contributed by atoms with van der Waals surface area (Å²) in [6, 6.07) is 11.1. The second-order valence-corrected chi connectivity index (χ2v) is 5.60. The van der Waals surface area contributed by atoms with E-state index >= 15 is 0 Å². The summed E-state index contributed by atoms with van der Waals surface area (Å²) < 4.78 is 10.4. The lowest BCUT2D eigenvalue weighted by molar-refractivity contribution is -0.121.